The highest BCUT2D eigenvalue weighted by Gasteiger charge is 2.16. The summed E-state index contributed by atoms with van der Waals surface area (Å²) in [6.07, 6.45) is 5.24. The number of aryl methyl sites for hydroxylation is 1. The maximum atomic E-state index is 10.5. The van der Waals surface area contributed by atoms with Gasteiger partial charge in [-0.05, 0) is 24.5 Å². The summed E-state index contributed by atoms with van der Waals surface area (Å²) in [6, 6.07) is 4.48. The monoisotopic (exact) mass is 380 g/mol. The van der Waals surface area contributed by atoms with Crippen molar-refractivity contribution in [1.82, 2.24) is 14.9 Å². The molecule has 1 amide bonds. The van der Waals surface area contributed by atoms with Gasteiger partial charge in [0.05, 0.1) is 12.4 Å². The van der Waals surface area contributed by atoms with Gasteiger partial charge in [-0.2, -0.15) is 0 Å². The number of aromatic nitrogens is 2. The first-order valence-corrected chi connectivity index (χ1v) is 9.73. The van der Waals surface area contributed by atoms with Crippen LogP contribution in [-0.4, -0.2) is 47.5 Å². The van der Waals surface area contributed by atoms with Crippen molar-refractivity contribution < 1.29 is 4.79 Å². The fourth-order valence-electron chi connectivity index (χ4n) is 2.42. The number of hydrogen-bond donors (Lipinski definition) is 0. The summed E-state index contributed by atoms with van der Waals surface area (Å²) in [5, 5.41) is 0.394. The lowest BCUT2D eigenvalue weighted by Crippen LogP contribution is -2.46. The molecule has 0 aliphatic carbocycles. The van der Waals surface area contributed by atoms with Crippen LogP contribution in [0, 0.1) is 0 Å². The number of carbonyl (C=O) groups excluding carboxylic acids is 1. The van der Waals surface area contributed by atoms with E-state index in [1.807, 2.05) is 11.3 Å². The van der Waals surface area contributed by atoms with Crippen molar-refractivity contribution in [3.8, 4) is 0 Å². The minimum absolute atomic E-state index is 0.394. The van der Waals surface area contributed by atoms with E-state index in [4.69, 9.17) is 11.6 Å². The zero-order valence-corrected chi connectivity index (χ0v) is 16.6. The highest BCUT2D eigenvalue weighted by Crippen LogP contribution is 2.24. The zero-order valence-electron chi connectivity index (χ0n) is 15.0. The number of hydrogen-bond acceptors (Lipinski definition) is 5. The molecule has 0 bridgehead atoms. The minimum Gasteiger partial charge on any atom is -0.352 e. The molecule has 1 saturated heterocycles. The van der Waals surface area contributed by atoms with E-state index >= 15 is 0 Å². The quantitative estimate of drug-likeness (QED) is 0.756. The number of piperazine rings is 1. The molecule has 0 radical (unpaired) electrons. The van der Waals surface area contributed by atoms with Crippen LogP contribution in [0.15, 0.2) is 24.5 Å². The second-order valence-electron chi connectivity index (χ2n) is 6.14. The smallest absolute Gasteiger partial charge is 0.209 e. The Balaban J connectivity index is 0.000000196. The maximum Gasteiger partial charge on any atom is 0.209 e. The van der Waals surface area contributed by atoms with Gasteiger partial charge in [0.25, 0.3) is 0 Å². The van der Waals surface area contributed by atoms with Crippen LogP contribution in [0.1, 0.15) is 36.4 Å². The minimum atomic E-state index is 0.394. The molecule has 136 valence electrons. The zero-order chi connectivity index (χ0) is 18.2. The van der Waals surface area contributed by atoms with E-state index in [0.29, 0.717) is 11.1 Å². The van der Waals surface area contributed by atoms with Crippen LogP contribution in [0.5, 0.6) is 0 Å². The molecule has 2 aromatic rings. The van der Waals surface area contributed by atoms with Crippen molar-refractivity contribution in [2.75, 3.05) is 31.1 Å². The highest BCUT2D eigenvalue weighted by molar-refractivity contribution is 7.12. The lowest BCUT2D eigenvalue weighted by molar-refractivity contribution is -0.118. The van der Waals surface area contributed by atoms with E-state index < -0.39 is 0 Å². The fourth-order valence-corrected chi connectivity index (χ4v) is 3.47. The average molecular weight is 381 g/mol. The number of rotatable bonds is 4. The molecule has 25 heavy (non-hydrogen) atoms. The Labute approximate surface area is 158 Å². The van der Waals surface area contributed by atoms with Gasteiger partial charge >= 0.3 is 0 Å². The predicted molar refractivity (Wildman–Crippen MR) is 105 cm³/mol. The van der Waals surface area contributed by atoms with E-state index in [1.54, 1.807) is 11.1 Å². The van der Waals surface area contributed by atoms with Crippen LogP contribution in [0.4, 0.5) is 5.82 Å². The predicted octanol–water partition coefficient (Wildman–Crippen LogP) is 3.84. The van der Waals surface area contributed by atoms with Crippen LogP contribution in [0.2, 0.25) is 5.15 Å². The standard InChI is InChI=1S/C9H11ClN4O.C9H14S/c10-8-5-12-9(6-11-8)14-3-1-13(7-15)2-4-14;1-4-8-5-6-9(10-8)7(2)3/h5-7H,1-4H2;5-7H,4H2,1-3H3. The Morgan fingerprint density at radius 3 is 2.36 bits per heavy atom. The van der Waals surface area contributed by atoms with Crippen molar-refractivity contribution in [3.63, 3.8) is 0 Å². The van der Waals surface area contributed by atoms with Crippen molar-refractivity contribution in [1.29, 1.82) is 0 Å². The van der Waals surface area contributed by atoms with Gasteiger partial charge in [-0.3, -0.25) is 4.79 Å². The van der Waals surface area contributed by atoms with Gasteiger partial charge in [0.1, 0.15) is 11.0 Å². The van der Waals surface area contributed by atoms with E-state index in [1.165, 1.54) is 22.4 Å². The van der Waals surface area contributed by atoms with Crippen LogP contribution < -0.4 is 4.90 Å². The van der Waals surface area contributed by atoms with Crippen LogP contribution in [0.25, 0.3) is 0 Å². The molecule has 3 heterocycles. The van der Waals surface area contributed by atoms with Crippen LogP contribution >= 0.6 is 22.9 Å². The Bertz CT molecular complexity index is 651. The highest BCUT2D eigenvalue weighted by atomic mass is 35.5. The van der Waals surface area contributed by atoms with Gasteiger partial charge in [0.2, 0.25) is 6.41 Å². The SMILES string of the molecule is CCc1ccc(C(C)C)s1.O=CN1CCN(c2cnc(Cl)cn2)CC1. The summed E-state index contributed by atoms with van der Waals surface area (Å²) >= 11 is 7.59. The van der Waals surface area contributed by atoms with Gasteiger partial charge in [0, 0.05) is 35.9 Å². The molecule has 2 aromatic heterocycles. The number of halogens is 1. The van der Waals surface area contributed by atoms with E-state index in [2.05, 4.69) is 47.8 Å². The van der Waals surface area contributed by atoms with Crippen LogP contribution in [-0.2, 0) is 11.2 Å². The summed E-state index contributed by atoms with van der Waals surface area (Å²) in [6.45, 7) is 9.72. The van der Waals surface area contributed by atoms with Crippen molar-refractivity contribution in [3.05, 3.63) is 39.4 Å². The molecule has 0 aromatic carbocycles. The first-order valence-electron chi connectivity index (χ1n) is 8.54. The van der Waals surface area contributed by atoms with Gasteiger partial charge in [-0.15, -0.1) is 11.3 Å². The number of anilines is 1. The molecule has 3 rings (SSSR count). The van der Waals surface area contributed by atoms with Crippen molar-refractivity contribution >= 4 is 35.2 Å². The average Bonchev–Trinajstić information content (AvgIpc) is 3.13. The molecule has 0 N–H and O–H groups in total. The molecule has 1 aliphatic rings. The summed E-state index contributed by atoms with van der Waals surface area (Å²) in [4.78, 5) is 25.5. The number of nitrogens with zero attached hydrogens (tertiary/aromatic N) is 4. The molecule has 0 unspecified atom stereocenters. The summed E-state index contributed by atoms with van der Waals surface area (Å²) < 4.78 is 0. The Hall–Kier alpha value is -1.66. The van der Waals surface area contributed by atoms with Crippen LogP contribution in [0.3, 0.4) is 0 Å². The number of amides is 1. The van der Waals surface area contributed by atoms with Gasteiger partial charge in [-0.25, -0.2) is 9.97 Å². The maximum absolute atomic E-state index is 10.5. The largest absolute Gasteiger partial charge is 0.352 e. The lowest BCUT2D eigenvalue weighted by Gasteiger charge is -2.32. The Morgan fingerprint density at radius 2 is 1.92 bits per heavy atom. The fraction of sp³-hybridized carbons (Fsp3) is 0.500. The number of thiophene rings is 1. The molecule has 1 fully saturated rings. The summed E-state index contributed by atoms with van der Waals surface area (Å²) in [5.41, 5.74) is 0. The molecule has 5 nitrogen and oxygen atoms in total. The normalized spacial score (nSPS) is 14.3. The van der Waals surface area contributed by atoms with E-state index in [0.717, 1.165) is 38.4 Å². The lowest BCUT2D eigenvalue weighted by atomic mass is 10.2. The molecule has 0 spiro atoms. The molecular weight excluding hydrogens is 356 g/mol. The van der Waals surface area contributed by atoms with Gasteiger partial charge in [0.15, 0.2) is 0 Å². The Kier molecular flexibility index (Phi) is 7.65. The Morgan fingerprint density at radius 1 is 1.20 bits per heavy atom. The van der Waals surface area contributed by atoms with Crippen molar-refractivity contribution in [2.24, 2.45) is 0 Å². The number of carbonyl (C=O) groups is 1. The molecule has 0 saturated carbocycles. The molecule has 7 heteroatoms. The second kappa shape index (κ2) is 9.73. The van der Waals surface area contributed by atoms with Gasteiger partial charge < -0.3 is 9.80 Å². The third-order valence-corrected chi connectivity index (χ3v) is 5.72. The van der Waals surface area contributed by atoms with Crippen molar-refractivity contribution in [2.45, 2.75) is 33.1 Å². The molecular formula is C18H25ClN4OS. The van der Waals surface area contributed by atoms with E-state index in [9.17, 15) is 4.79 Å². The van der Waals surface area contributed by atoms with Gasteiger partial charge in [-0.1, -0.05) is 32.4 Å². The first kappa shape index (κ1) is 19.7. The molecule has 0 atom stereocenters. The molecule has 1 aliphatic heterocycles. The summed E-state index contributed by atoms with van der Waals surface area (Å²) in [5.74, 6) is 1.51. The topological polar surface area (TPSA) is 49.3 Å². The van der Waals surface area contributed by atoms with E-state index in [-0.39, 0.29) is 0 Å². The first-order chi connectivity index (χ1) is 12.0. The summed E-state index contributed by atoms with van der Waals surface area (Å²) in [7, 11) is 0. The third kappa shape index (κ3) is 5.97. The second-order valence-corrected chi connectivity index (χ2v) is 7.73. The third-order valence-electron chi connectivity index (χ3n) is 3.99.